The SMILES string of the molecule is CCCCCC1=NOC(C(C)Cl)C1. The molecule has 0 saturated heterocycles. The van der Waals surface area contributed by atoms with Gasteiger partial charge in [0.2, 0.25) is 0 Å². The molecule has 3 heteroatoms. The normalized spacial score (nSPS) is 23.9. The molecule has 13 heavy (non-hydrogen) atoms. The maximum Gasteiger partial charge on any atom is 0.148 e. The second-order valence-corrected chi connectivity index (χ2v) is 4.33. The van der Waals surface area contributed by atoms with E-state index in [2.05, 4.69) is 12.1 Å². The Morgan fingerprint density at radius 3 is 2.92 bits per heavy atom. The fourth-order valence-corrected chi connectivity index (χ4v) is 1.56. The molecule has 0 aliphatic carbocycles. The van der Waals surface area contributed by atoms with E-state index in [0.29, 0.717) is 0 Å². The third-order valence-electron chi connectivity index (χ3n) is 2.34. The second-order valence-electron chi connectivity index (χ2n) is 3.64. The van der Waals surface area contributed by atoms with Gasteiger partial charge in [-0.2, -0.15) is 0 Å². The predicted octanol–water partition coefficient (Wildman–Crippen LogP) is 3.34. The molecule has 0 saturated carbocycles. The number of hydrogen-bond donors (Lipinski definition) is 0. The van der Waals surface area contributed by atoms with Crippen LogP contribution < -0.4 is 0 Å². The van der Waals surface area contributed by atoms with E-state index >= 15 is 0 Å². The molecular formula is C10H18ClNO. The molecule has 0 bridgehead atoms. The molecule has 1 aliphatic rings. The van der Waals surface area contributed by atoms with E-state index in [-0.39, 0.29) is 11.5 Å². The summed E-state index contributed by atoms with van der Waals surface area (Å²) in [4.78, 5) is 5.21. The monoisotopic (exact) mass is 203 g/mol. The van der Waals surface area contributed by atoms with Crippen LogP contribution >= 0.6 is 11.6 Å². The predicted molar refractivity (Wildman–Crippen MR) is 56.4 cm³/mol. The molecule has 0 aromatic heterocycles. The fraction of sp³-hybridized carbons (Fsp3) is 0.900. The molecule has 0 aromatic carbocycles. The van der Waals surface area contributed by atoms with Crippen molar-refractivity contribution in [2.24, 2.45) is 5.16 Å². The first-order chi connectivity index (χ1) is 6.24. The third kappa shape index (κ3) is 3.55. The van der Waals surface area contributed by atoms with E-state index in [1.807, 2.05) is 6.92 Å². The maximum absolute atomic E-state index is 5.91. The van der Waals surface area contributed by atoms with Gasteiger partial charge in [0.15, 0.2) is 0 Å². The minimum absolute atomic E-state index is 0.0624. The summed E-state index contributed by atoms with van der Waals surface area (Å²) in [6, 6.07) is 0. The van der Waals surface area contributed by atoms with Gasteiger partial charge in [-0.3, -0.25) is 0 Å². The van der Waals surface area contributed by atoms with E-state index in [4.69, 9.17) is 16.4 Å². The van der Waals surface area contributed by atoms with Gasteiger partial charge in [0.1, 0.15) is 6.10 Å². The number of oxime groups is 1. The Kier molecular flexibility index (Phi) is 4.57. The van der Waals surface area contributed by atoms with E-state index in [1.54, 1.807) is 0 Å². The van der Waals surface area contributed by atoms with Crippen LogP contribution in [0, 0.1) is 0 Å². The van der Waals surface area contributed by atoms with Crippen molar-refractivity contribution in [2.75, 3.05) is 0 Å². The molecule has 2 nitrogen and oxygen atoms in total. The molecule has 0 N–H and O–H groups in total. The van der Waals surface area contributed by atoms with Crippen molar-refractivity contribution in [3.63, 3.8) is 0 Å². The highest BCUT2D eigenvalue weighted by Crippen LogP contribution is 2.20. The number of hydrogen-bond acceptors (Lipinski definition) is 2. The van der Waals surface area contributed by atoms with Gasteiger partial charge in [-0.25, -0.2) is 0 Å². The first-order valence-electron chi connectivity index (χ1n) is 5.09. The van der Waals surface area contributed by atoms with Gasteiger partial charge in [0, 0.05) is 6.42 Å². The lowest BCUT2D eigenvalue weighted by Gasteiger charge is -2.08. The van der Waals surface area contributed by atoms with Crippen LogP contribution in [0.2, 0.25) is 0 Å². The molecular weight excluding hydrogens is 186 g/mol. The summed E-state index contributed by atoms with van der Waals surface area (Å²) in [6.07, 6.45) is 5.87. The summed E-state index contributed by atoms with van der Waals surface area (Å²) < 4.78 is 0. The maximum atomic E-state index is 5.91. The lowest BCUT2D eigenvalue weighted by atomic mass is 10.1. The highest BCUT2D eigenvalue weighted by molar-refractivity contribution is 6.21. The van der Waals surface area contributed by atoms with Crippen molar-refractivity contribution in [1.29, 1.82) is 0 Å². The number of nitrogens with zero attached hydrogens (tertiary/aromatic N) is 1. The van der Waals surface area contributed by atoms with Crippen molar-refractivity contribution in [3.8, 4) is 0 Å². The number of unbranched alkanes of at least 4 members (excludes halogenated alkanes) is 2. The minimum Gasteiger partial charge on any atom is -0.391 e. The summed E-state index contributed by atoms with van der Waals surface area (Å²) in [7, 11) is 0. The summed E-state index contributed by atoms with van der Waals surface area (Å²) >= 11 is 5.91. The standard InChI is InChI=1S/C10H18ClNO/c1-3-4-5-6-9-7-10(8(2)11)13-12-9/h8,10H,3-7H2,1-2H3. The van der Waals surface area contributed by atoms with Crippen molar-refractivity contribution < 1.29 is 4.84 Å². The van der Waals surface area contributed by atoms with Crippen molar-refractivity contribution in [1.82, 2.24) is 0 Å². The van der Waals surface area contributed by atoms with E-state index in [1.165, 1.54) is 25.0 Å². The molecule has 0 radical (unpaired) electrons. The Morgan fingerprint density at radius 1 is 1.62 bits per heavy atom. The van der Waals surface area contributed by atoms with Crippen LogP contribution in [0.4, 0.5) is 0 Å². The zero-order valence-electron chi connectivity index (χ0n) is 8.42. The molecule has 0 aromatic rings. The largest absolute Gasteiger partial charge is 0.391 e. The smallest absolute Gasteiger partial charge is 0.148 e. The van der Waals surface area contributed by atoms with E-state index in [9.17, 15) is 0 Å². The second kappa shape index (κ2) is 5.48. The molecule has 76 valence electrons. The summed E-state index contributed by atoms with van der Waals surface area (Å²) in [5.74, 6) is 0. The zero-order chi connectivity index (χ0) is 9.68. The lowest BCUT2D eigenvalue weighted by Crippen LogP contribution is -2.17. The van der Waals surface area contributed by atoms with Crippen LogP contribution in [0.5, 0.6) is 0 Å². The number of alkyl halides is 1. The fourth-order valence-electron chi connectivity index (χ4n) is 1.42. The van der Waals surface area contributed by atoms with Crippen LogP contribution in [-0.2, 0) is 4.84 Å². The molecule has 1 rings (SSSR count). The molecule has 0 spiro atoms. The van der Waals surface area contributed by atoms with Crippen LogP contribution in [0.15, 0.2) is 5.16 Å². The molecule has 2 atom stereocenters. The van der Waals surface area contributed by atoms with Gasteiger partial charge in [-0.05, 0) is 19.8 Å². The van der Waals surface area contributed by atoms with E-state index < -0.39 is 0 Å². The number of halogens is 1. The molecule has 1 heterocycles. The Morgan fingerprint density at radius 2 is 2.38 bits per heavy atom. The molecule has 0 amide bonds. The Balaban J connectivity index is 2.16. The Labute approximate surface area is 85.3 Å². The lowest BCUT2D eigenvalue weighted by molar-refractivity contribution is 0.0854. The van der Waals surface area contributed by atoms with Gasteiger partial charge in [0.05, 0.1) is 11.1 Å². The summed E-state index contributed by atoms with van der Waals surface area (Å²) in [5, 5.41) is 4.10. The number of rotatable bonds is 5. The van der Waals surface area contributed by atoms with Gasteiger partial charge in [-0.1, -0.05) is 24.9 Å². The Hall–Kier alpha value is -0.240. The molecule has 1 aliphatic heterocycles. The van der Waals surface area contributed by atoms with Crippen LogP contribution in [0.3, 0.4) is 0 Å². The van der Waals surface area contributed by atoms with Crippen molar-refractivity contribution >= 4 is 17.3 Å². The Bertz CT molecular complexity index is 180. The zero-order valence-corrected chi connectivity index (χ0v) is 9.18. The van der Waals surface area contributed by atoms with Crippen molar-refractivity contribution in [2.45, 2.75) is 57.4 Å². The van der Waals surface area contributed by atoms with Crippen LogP contribution in [0.1, 0.15) is 46.0 Å². The van der Waals surface area contributed by atoms with Gasteiger partial charge >= 0.3 is 0 Å². The van der Waals surface area contributed by atoms with E-state index in [0.717, 1.165) is 12.8 Å². The van der Waals surface area contributed by atoms with Crippen LogP contribution in [0.25, 0.3) is 0 Å². The molecule has 0 fully saturated rings. The first kappa shape index (κ1) is 10.8. The summed E-state index contributed by atoms with van der Waals surface area (Å²) in [5.41, 5.74) is 1.19. The first-order valence-corrected chi connectivity index (χ1v) is 5.53. The average molecular weight is 204 g/mol. The average Bonchev–Trinajstić information content (AvgIpc) is 2.53. The van der Waals surface area contributed by atoms with Gasteiger partial charge in [-0.15, -0.1) is 11.6 Å². The van der Waals surface area contributed by atoms with Crippen molar-refractivity contribution in [3.05, 3.63) is 0 Å². The summed E-state index contributed by atoms with van der Waals surface area (Å²) in [6.45, 7) is 4.16. The highest BCUT2D eigenvalue weighted by Gasteiger charge is 2.24. The van der Waals surface area contributed by atoms with Crippen LogP contribution in [-0.4, -0.2) is 17.2 Å². The molecule has 2 unspecified atom stereocenters. The third-order valence-corrected chi connectivity index (χ3v) is 2.62. The quantitative estimate of drug-likeness (QED) is 0.496. The highest BCUT2D eigenvalue weighted by atomic mass is 35.5. The minimum atomic E-state index is 0.0624. The van der Waals surface area contributed by atoms with Gasteiger partial charge in [0.25, 0.3) is 0 Å². The topological polar surface area (TPSA) is 21.6 Å². The van der Waals surface area contributed by atoms with Gasteiger partial charge < -0.3 is 4.84 Å².